The molecule has 0 aliphatic carbocycles. The zero-order valence-electron chi connectivity index (χ0n) is 8.84. The first-order valence-corrected chi connectivity index (χ1v) is 5.19. The Bertz CT molecular complexity index is 454. The van der Waals surface area contributed by atoms with Crippen LogP contribution in [0.3, 0.4) is 0 Å². The fourth-order valence-corrected chi connectivity index (χ4v) is 1.46. The lowest BCUT2D eigenvalue weighted by atomic mass is 10.1. The summed E-state index contributed by atoms with van der Waals surface area (Å²) < 4.78 is 0. The number of Topliss-reactive ketones (excluding diaryl/α,β-unsaturated/α-hetero) is 1. The van der Waals surface area contributed by atoms with Gasteiger partial charge in [-0.2, -0.15) is 0 Å². The van der Waals surface area contributed by atoms with E-state index in [2.05, 4.69) is 9.97 Å². The Morgan fingerprint density at radius 2 is 1.88 bits per heavy atom. The summed E-state index contributed by atoms with van der Waals surface area (Å²) in [5.41, 5.74) is 1.66. The van der Waals surface area contributed by atoms with Crippen molar-refractivity contribution in [2.24, 2.45) is 0 Å². The first-order valence-electron chi connectivity index (χ1n) is 5.19. The third-order valence-corrected chi connectivity index (χ3v) is 2.34. The molecule has 0 atom stereocenters. The second kappa shape index (κ2) is 5.16. The van der Waals surface area contributed by atoms with Gasteiger partial charge in [0, 0.05) is 25.0 Å². The SMILES string of the molecule is O=C(CCc1ccncc1)c1ccccn1. The van der Waals surface area contributed by atoms with E-state index < -0.39 is 0 Å². The Morgan fingerprint density at radius 3 is 2.56 bits per heavy atom. The molecule has 0 saturated heterocycles. The number of aromatic nitrogens is 2. The number of carbonyl (C=O) groups is 1. The van der Waals surface area contributed by atoms with E-state index in [0.717, 1.165) is 12.0 Å². The Morgan fingerprint density at radius 1 is 1.06 bits per heavy atom. The van der Waals surface area contributed by atoms with Gasteiger partial charge in [-0.25, -0.2) is 0 Å². The molecule has 0 fully saturated rings. The topological polar surface area (TPSA) is 42.9 Å². The summed E-state index contributed by atoms with van der Waals surface area (Å²) in [6.45, 7) is 0. The maximum absolute atomic E-state index is 11.7. The van der Waals surface area contributed by atoms with E-state index in [9.17, 15) is 4.79 Å². The average molecular weight is 212 g/mol. The molecular weight excluding hydrogens is 200 g/mol. The molecule has 3 heteroatoms. The second-order valence-corrected chi connectivity index (χ2v) is 3.49. The monoisotopic (exact) mass is 212 g/mol. The van der Waals surface area contributed by atoms with Crippen LogP contribution in [0.5, 0.6) is 0 Å². The fraction of sp³-hybridized carbons (Fsp3) is 0.154. The largest absolute Gasteiger partial charge is 0.292 e. The van der Waals surface area contributed by atoms with Gasteiger partial charge < -0.3 is 0 Å². The lowest BCUT2D eigenvalue weighted by Gasteiger charge is -2.00. The van der Waals surface area contributed by atoms with E-state index in [1.165, 1.54) is 0 Å². The molecule has 0 aliphatic rings. The first-order chi connectivity index (χ1) is 7.86. The number of hydrogen-bond donors (Lipinski definition) is 0. The maximum Gasteiger partial charge on any atom is 0.181 e. The average Bonchev–Trinajstić information content (AvgIpc) is 2.38. The van der Waals surface area contributed by atoms with Crippen molar-refractivity contribution in [1.82, 2.24) is 9.97 Å². The maximum atomic E-state index is 11.7. The van der Waals surface area contributed by atoms with Gasteiger partial charge in [-0.1, -0.05) is 6.07 Å². The molecule has 0 N–H and O–H groups in total. The van der Waals surface area contributed by atoms with Crippen LogP contribution in [-0.4, -0.2) is 15.8 Å². The van der Waals surface area contributed by atoms with E-state index in [0.29, 0.717) is 12.1 Å². The van der Waals surface area contributed by atoms with Crippen LogP contribution >= 0.6 is 0 Å². The molecule has 0 bridgehead atoms. The van der Waals surface area contributed by atoms with Crippen LogP contribution in [0.4, 0.5) is 0 Å². The van der Waals surface area contributed by atoms with Gasteiger partial charge in [-0.05, 0) is 36.2 Å². The van der Waals surface area contributed by atoms with E-state index in [1.54, 1.807) is 30.7 Å². The molecule has 0 amide bonds. The lowest BCUT2D eigenvalue weighted by Crippen LogP contribution is -2.03. The van der Waals surface area contributed by atoms with Crippen molar-refractivity contribution in [2.75, 3.05) is 0 Å². The highest BCUT2D eigenvalue weighted by molar-refractivity contribution is 5.94. The Balaban J connectivity index is 1.95. The normalized spacial score (nSPS) is 10.0. The second-order valence-electron chi connectivity index (χ2n) is 3.49. The van der Waals surface area contributed by atoms with Crippen LogP contribution in [0.15, 0.2) is 48.9 Å². The van der Waals surface area contributed by atoms with Crippen LogP contribution in [0, 0.1) is 0 Å². The summed E-state index contributed by atoms with van der Waals surface area (Å²) in [7, 11) is 0. The van der Waals surface area contributed by atoms with Crippen LogP contribution in [0.25, 0.3) is 0 Å². The van der Waals surface area contributed by atoms with Crippen LogP contribution in [0.1, 0.15) is 22.5 Å². The minimum atomic E-state index is 0.0809. The number of rotatable bonds is 4. The number of hydrogen-bond acceptors (Lipinski definition) is 3. The quantitative estimate of drug-likeness (QED) is 0.730. The molecule has 2 heterocycles. The van der Waals surface area contributed by atoms with Gasteiger partial charge in [0.1, 0.15) is 5.69 Å². The van der Waals surface area contributed by atoms with Crippen molar-refractivity contribution in [3.8, 4) is 0 Å². The summed E-state index contributed by atoms with van der Waals surface area (Å²) in [5, 5.41) is 0. The summed E-state index contributed by atoms with van der Waals surface area (Å²) in [6, 6.07) is 9.22. The van der Waals surface area contributed by atoms with Gasteiger partial charge >= 0.3 is 0 Å². The molecular formula is C13H12N2O. The highest BCUT2D eigenvalue weighted by Gasteiger charge is 2.06. The van der Waals surface area contributed by atoms with Gasteiger partial charge in [0.25, 0.3) is 0 Å². The van der Waals surface area contributed by atoms with Gasteiger partial charge in [0.2, 0.25) is 0 Å². The van der Waals surface area contributed by atoms with Crippen molar-refractivity contribution in [2.45, 2.75) is 12.8 Å². The fourth-order valence-electron chi connectivity index (χ4n) is 1.46. The van der Waals surface area contributed by atoms with Gasteiger partial charge in [-0.3, -0.25) is 14.8 Å². The van der Waals surface area contributed by atoms with E-state index in [1.807, 2.05) is 18.2 Å². The number of aryl methyl sites for hydroxylation is 1. The van der Waals surface area contributed by atoms with E-state index >= 15 is 0 Å². The molecule has 2 aromatic heterocycles. The van der Waals surface area contributed by atoms with Gasteiger partial charge in [0.05, 0.1) is 0 Å². The number of pyridine rings is 2. The van der Waals surface area contributed by atoms with Gasteiger partial charge in [-0.15, -0.1) is 0 Å². The lowest BCUT2D eigenvalue weighted by molar-refractivity contribution is 0.0978. The molecule has 0 saturated carbocycles. The minimum Gasteiger partial charge on any atom is -0.292 e. The van der Waals surface area contributed by atoms with Crippen molar-refractivity contribution in [1.29, 1.82) is 0 Å². The predicted octanol–water partition coefficient (Wildman–Crippen LogP) is 2.29. The van der Waals surface area contributed by atoms with Crippen LogP contribution < -0.4 is 0 Å². The van der Waals surface area contributed by atoms with Gasteiger partial charge in [0.15, 0.2) is 5.78 Å². The molecule has 2 aromatic rings. The Kier molecular flexibility index (Phi) is 3.38. The number of carbonyl (C=O) groups excluding carboxylic acids is 1. The minimum absolute atomic E-state index is 0.0809. The predicted molar refractivity (Wildman–Crippen MR) is 61.1 cm³/mol. The molecule has 0 unspecified atom stereocenters. The molecule has 0 aromatic carbocycles. The number of ketones is 1. The summed E-state index contributed by atoms with van der Waals surface area (Å²) >= 11 is 0. The van der Waals surface area contributed by atoms with Crippen molar-refractivity contribution < 1.29 is 4.79 Å². The zero-order chi connectivity index (χ0) is 11.2. The molecule has 16 heavy (non-hydrogen) atoms. The van der Waals surface area contributed by atoms with Crippen molar-refractivity contribution >= 4 is 5.78 Å². The van der Waals surface area contributed by atoms with Crippen molar-refractivity contribution in [3.63, 3.8) is 0 Å². The summed E-state index contributed by atoms with van der Waals surface area (Å²) in [6.07, 6.45) is 6.33. The van der Waals surface area contributed by atoms with E-state index in [4.69, 9.17) is 0 Å². The summed E-state index contributed by atoms with van der Waals surface area (Å²) in [5.74, 6) is 0.0809. The highest BCUT2D eigenvalue weighted by atomic mass is 16.1. The third kappa shape index (κ3) is 2.73. The zero-order valence-corrected chi connectivity index (χ0v) is 8.84. The van der Waals surface area contributed by atoms with Crippen LogP contribution in [-0.2, 0) is 6.42 Å². The Labute approximate surface area is 94.2 Å². The molecule has 0 aliphatic heterocycles. The highest BCUT2D eigenvalue weighted by Crippen LogP contribution is 2.05. The van der Waals surface area contributed by atoms with E-state index in [-0.39, 0.29) is 5.78 Å². The standard InChI is InChI=1S/C13H12N2O/c16-13(12-3-1-2-8-15-12)5-4-11-6-9-14-10-7-11/h1-3,6-10H,4-5H2. The molecule has 0 radical (unpaired) electrons. The third-order valence-electron chi connectivity index (χ3n) is 2.34. The smallest absolute Gasteiger partial charge is 0.181 e. The van der Waals surface area contributed by atoms with Crippen LogP contribution in [0.2, 0.25) is 0 Å². The van der Waals surface area contributed by atoms with Crippen molar-refractivity contribution in [3.05, 3.63) is 60.2 Å². The molecule has 80 valence electrons. The molecule has 3 nitrogen and oxygen atoms in total. The Hall–Kier alpha value is -2.03. The molecule has 2 rings (SSSR count). The molecule has 0 spiro atoms. The summed E-state index contributed by atoms with van der Waals surface area (Å²) in [4.78, 5) is 19.7. The number of nitrogens with zero attached hydrogens (tertiary/aromatic N) is 2. The first kappa shape index (κ1) is 10.5.